The van der Waals surface area contributed by atoms with Gasteiger partial charge in [-0.2, -0.15) is 0 Å². The van der Waals surface area contributed by atoms with Gasteiger partial charge in [-0.15, -0.1) is 0 Å². The Morgan fingerprint density at radius 2 is 1.63 bits per heavy atom. The molecule has 0 fully saturated rings. The molecule has 2 aromatic carbocycles. The number of carbonyl (C=O) groups excluding carboxylic acids is 1. The van der Waals surface area contributed by atoms with Gasteiger partial charge in [0.25, 0.3) is 0 Å². The summed E-state index contributed by atoms with van der Waals surface area (Å²) in [5.41, 5.74) is 3.93. The number of rotatable bonds is 5. The van der Waals surface area contributed by atoms with E-state index in [0.29, 0.717) is 34.7 Å². The zero-order valence-corrected chi connectivity index (χ0v) is 17.9. The van der Waals surface area contributed by atoms with Gasteiger partial charge in [-0.25, -0.2) is 4.79 Å². The van der Waals surface area contributed by atoms with Gasteiger partial charge >= 0.3 is 5.63 Å². The lowest BCUT2D eigenvalue weighted by molar-refractivity contribution is -0.120. The second-order valence-electron chi connectivity index (χ2n) is 7.52. The van der Waals surface area contributed by atoms with Crippen LogP contribution in [0.25, 0.3) is 21.9 Å². The lowest BCUT2D eigenvalue weighted by atomic mass is 10.0. The third-order valence-electron chi connectivity index (χ3n) is 5.57. The van der Waals surface area contributed by atoms with E-state index in [0.717, 1.165) is 33.2 Å². The number of carbonyl (C=O) groups is 1. The van der Waals surface area contributed by atoms with Crippen LogP contribution in [0.3, 0.4) is 0 Å². The summed E-state index contributed by atoms with van der Waals surface area (Å²) in [7, 11) is 0. The first-order valence-corrected chi connectivity index (χ1v) is 10.2. The molecular weight excluding hydrogens is 402 g/mol. The highest BCUT2D eigenvalue weighted by atomic mass is 35.5. The fourth-order valence-corrected chi connectivity index (χ4v) is 3.78. The van der Waals surface area contributed by atoms with Crippen molar-refractivity contribution in [2.75, 3.05) is 6.54 Å². The first kappa shape index (κ1) is 20.2. The molecular formula is C24H22ClNO4. The highest BCUT2D eigenvalue weighted by Gasteiger charge is 2.17. The molecule has 0 bridgehead atoms. The molecule has 0 atom stereocenters. The van der Waals surface area contributed by atoms with Crippen LogP contribution in [0.1, 0.15) is 28.0 Å². The van der Waals surface area contributed by atoms with Crippen LogP contribution in [0.4, 0.5) is 0 Å². The molecule has 0 radical (unpaired) electrons. The Morgan fingerprint density at radius 1 is 0.967 bits per heavy atom. The number of nitrogens with one attached hydrogen (secondary N) is 1. The zero-order valence-electron chi connectivity index (χ0n) is 17.1. The maximum Gasteiger partial charge on any atom is 0.340 e. The highest BCUT2D eigenvalue weighted by molar-refractivity contribution is 6.30. The average molecular weight is 424 g/mol. The van der Waals surface area contributed by atoms with Crippen LogP contribution in [0.5, 0.6) is 0 Å². The summed E-state index contributed by atoms with van der Waals surface area (Å²) in [4.78, 5) is 25.0. The van der Waals surface area contributed by atoms with E-state index in [1.54, 1.807) is 6.07 Å². The van der Waals surface area contributed by atoms with Crippen molar-refractivity contribution in [1.82, 2.24) is 5.32 Å². The number of amides is 1. The van der Waals surface area contributed by atoms with Crippen molar-refractivity contribution in [2.24, 2.45) is 0 Å². The van der Waals surface area contributed by atoms with E-state index in [2.05, 4.69) is 5.32 Å². The minimum Gasteiger partial charge on any atom is -0.461 e. The number of hydrogen-bond donors (Lipinski definition) is 1. The van der Waals surface area contributed by atoms with E-state index in [1.807, 2.05) is 51.1 Å². The van der Waals surface area contributed by atoms with Gasteiger partial charge in [-0.3, -0.25) is 4.79 Å². The standard InChI is InChI=1S/C24H22ClNO4/c1-13-15(3)29-21-12-22-19(10-18(13)21)14(2)20(24(28)30-22)11-23(27)26-9-8-16-4-6-17(25)7-5-16/h4-7,10,12H,8-9,11H2,1-3H3,(H,26,27). The van der Waals surface area contributed by atoms with Crippen LogP contribution < -0.4 is 10.9 Å². The molecule has 5 nitrogen and oxygen atoms in total. The summed E-state index contributed by atoms with van der Waals surface area (Å²) < 4.78 is 11.2. The van der Waals surface area contributed by atoms with Gasteiger partial charge in [0.2, 0.25) is 5.91 Å². The summed E-state index contributed by atoms with van der Waals surface area (Å²) in [5, 5.41) is 5.35. The predicted molar refractivity (Wildman–Crippen MR) is 118 cm³/mol. The van der Waals surface area contributed by atoms with E-state index in [9.17, 15) is 9.59 Å². The molecule has 30 heavy (non-hydrogen) atoms. The number of fused-ring (bicyclic) bond motifs is 2. The van der Waals surface area contributed by atoms with Gasteiger partial charge in [0.05, 0.1) is 12.0 Å². The molecule has 4 rings (SSSR count). The molecule has 0 unspecified atom stereocenters. The summed E-state index contributed by atoms with van der Waals surface area (Å²) in [6, 6.07) is 11.2. The highest BCUT2D eigenvalue weighted by Crippen LogP contribution is 2.30. The minimum atomic E-state index is -0.493. The first-order valence-electron chi connectivity index (χ1n) is 9.80. The molecule has 0 saturated carbocycles. The molecule has 1 amide bonds. The van der Waals surface area contributed by atoms with Crippen molar-refractivity contribution in [1.29, 1.82) is 0 Å². The molecule has 2 aromatic heterocycles. The molecule has 0 aliphatic heterocycles. The van der Waals surface area contributed by atoms with Gasteiger partial charge < -0.3 is 14.2 Å². The molecule has 2 heterocycles. The van der Waals surface area contributed by atoms with E-state index < -0.39 is 5.63 Å². The quantitative estimate of drug-likeness (QED) is 0.457. The molecule has 0 spiro atoms. The second kappa shape index (κ2) is 8.00. The second-order valence-corrected chi connectivity index (χ2v) is 7.96. The van der Waals surface area contributed by atoms with E-state index in [4.69, 9.17) is 20.4 Å². The van der Waals surface area contributed by atoms with Gasteiger partial charge in [-0.1, -0.05) is 23.7 Å². The van der Waals surface area contributed by atoms with Crippen molar-refractivity contribution in [2.45, 2.75) is 33.6 Å². The molecule has 6 heteroatoms. The number of aryl methyl sites for hydroxylation is 3. The Balaban J connectivity index is 1.55. The molecule has 1 N–H and O–H groups in total. The van der Waals surface area contributed by atoms with Crippen LogP contribution in [-0.2, 0) is 17.6 Å². The van der Waals surface area contributed by atoms with E-state index >= 15 is 0 Å². The van der Waals surface area contributed by atoms with Gasteiger partial charge in [0, 0.05) is 28.4 Å². The fourth-order valence-electron chi connectivity index (χ4n) is 3.65. The largest absolute Gasteiger partial charge is 0.461 e. The molecule has 4 aromatic rings. The van der Waals surface area contributed by atoms with Crippen LogP contribution in [0.2, 0.25) is 5.02 Å². The van der Waals surface area contributed by atoms with Crippen molar-refractivity contribution < 1.29 is 13.6 Å². The monoisotopic (exact) mass is 423 g/mol. The Hall–Kier alpha value is -3.05. The van der Waals surface area contributed by atoms with Crippen LogP contribution >= 0.6 is 11.6 Å². The van der Waals surface area contributed by atoms with Crippen molar-refractivity contribution in [3.63, 3.8) is 0 Å². The van der Waals surface area contributed by atoms with Gasteiger partial charge in [0.15, 0.2) is 0 Å². The van der Waals surface area contributed by atoms with Crippen molar-refractivity contribution in [3.8, 4) is 0 Å². The number of furan rings is 1. The lowest BCUT2D eigenvalue weighted by Crippen LogP contribution is -2.29. The lowest BCUT2D eigenvalue weighted by Gasteiger charge is -2.09. The number of halogens is 1. The smallest absolute Gasteiger partial charge is 0.340 e. The number of hydrogen-bond acceptors (Lipinski definition) is 4. The first-order chi connectivity index (χ1) is 14.3. The Morgan fingerprint density at radius 3 is 2.37 bits per heavy atom. The van der Waals surface area contributed by atoms with Crippen LogP contribution in [0, 0.1) is 20.8 Å². The maximum atomic E-state index is 12.5. The minimum absolute atomic E-state index is 0.0217. The van der Waals surface area contributed by atoms with Crippen molar-refractivity contribution >= 4 is 39.4 Å². The Bertz CT molecular complexity index is 1320. The van der Waals surface area contributed by atoms with Crippen LogP contribution in [-0.4, -0.2) is 12.5 Å². The summed E-state index contributed by atoms with van der Waals surface area (Å²) >= 11 is 5.89. The van der Waals surface area contributed by atoms with Crippen LogP contribution in [0.15, 0.2) is 50.0 Å². The summed E-state index contributed by atoms with van der Waals surface area (Å²) in [6.45, 7) is 6.23. The van der Waals surface area contributed by atoms with Crippen molar-refractivity contribution in [3.05, 3.63) is 79.9 Å². The summed E-state index contributed by atoms with van der Waals surface area (Å²) in [6.07, 6.45) is 0.664. The zero-order chi connectivity index (χ0) is 21.4. The molecule has 0 aliphatic carbocycles. The number of benzene rings is 2. The SMILES string of the molecule is Cc1oc2cc3oc(=O)c(CC(=O)NCCc4ccc(Cl)cc4)c(C)c3cc2c1C. The normalized spacial score (nSPS) is 11.3. The topological polar surface area (TPSA) is 72.5 Å². The predicted octanol–water partition coefficient (Wildman–Crippen LogP) is 5.02. The van der Waals surface area contributed by atoms with Gasteiger partial charge in [-0.05, 0) is 62.1 Å². The Labute approximate surface area is 178 Å². The van der Waals surface area contributed by atoms with Gasteiger partial charge in [0.1, 0.15) is 16.9 Å². The molecule has 154 valence electrons. The molecule has 0 aliphatic rings. The average Bonchev–Trinajstić information content (AvgIpc) is 2.98. The third-order valence-corrected chi connectivity index (χ3v) is 5.82. The fraction of sp³-hybridized carbons (Fsp3) is 0.250. The van der Waals surface area contributed by atoms with E-state index in [1.165, 1.54) is 0 Å². The van der Waals surface area contributed by atoms with E-state index in [-0.39, 0.29) is 12.3 Å². The third kappa shape index (κ3) is 3.85. The molecule has 0 saturated heterocycles. The Kier molecular flexibility index (Phi) is 5.39. The summed E-state index contributed by atoms with van der Waals surface area (Å²) in [5.74, 6) is 0.621. The maximum absolute atomic E-state index is 12.5.